The molecule has 0 radical (unpaired) electrons. The molecule has 1 rings (SSSR count). The highest BCUT2D eigenvalue weighted by atomic mass is 31.1. The summed E-state index contributed by atoms with van der Waals surface area (Å²) < 4.78 is 11.3. The average molecular weight is 309 g/mol. The predicted octanol–water partition coefficient (Wildman–Crippen LogP) is 4.43. The second-order valence-corrected chi connectivity index (χ2v) is 7.83. The van der Waals surface area contributed by atoms with E-state index < -0.39 is 8.03 Å². The third-order valence-corrected chi connectivity index (χ3v) is 4.42. The maximum absolute atomic E-state index is 12.1. The topological polar surface area (TPSA) is 54.4 Å². The molecule has 0 spiro atoms. The van der Waals surface area contributed by atoms with Crippen LogP contribution in [0.2, 0.25) is 0 Å². The zero-order valence-electron chi connectivity index (χ0n) is 13.9. The van der Waals surface area contributed by atoms with Crippen molar-refractivity contribution in [3.8, 4) is 0 Å². The monoisotopic (exact) mass is 309 g/mol. The van der Waals surface area contributed by atoms with Crippen molar-refractivity contribution in [1.82, 2.24) is 0 Å². The minimum atomic E-state index is -2.23. The number of aryl methyl sites for hydroxylation is 2. The number of rotatable bonds is 6. The van der Waals surface area contributed by atoms with Crippen LogP contribution in [0.25, 0.3) is 0 Å². The molecule has 4 heteroatoms. The van der Waals surface area contributed by atoms with Crippen LogP contribution in [0.4, 0.5) is 0 Å². The maximum atomic E-state index is 12.1. The summed E-state index contributed by atoms with van der Waals surface area (Å²) >= 11 is 0. The Morgan fingerprint density at radius 2 is 1.86 bits per heavy atom. The molecule has 116 valence electrons. The largest absolute Gasteiger partial charge is 0.510 e. The van der Waals surface area contributed by atoms with E-state index in [1.807, 2.05) is 47.6 Å². The molecule has 1 N–H and O–H groups in total. The zero-order valence-corrected chi connectivity index (χ0v) is 14.8. The van der Waals surface area contributed by atoms with Crippen molar-refractivity contribution in [3.05, 3.63) is 34.4 Å². The molecular formula is C17H26O3P+. The van der Waals surface area contributed by atoms with E-state index in [0.717, 1.165) is 22.3 Å². The van der Waals surface area contributed by atoms with Crippen LogP contribution in [-0.4, -0.2) is 10.7 Å². The van der Waals surface area contributed by atoms with Crippen molar-refractivity contribution in [2.75, 3.05) is 0 Å². The quantitative estimate of drug-likeness (QED) is 0.791. The number of Topliss-reactive ketones (excluding diaryl/α,β-unsaturated/α-hetero) is 1. The Hall–Kier alpha value is -1.05. The zero-order chi connectivity index (χ0) is 16.4. The highest BCUT2D eigenvalue weighted by Gasteiger charge is 2.31. The Morgan fingerprint density at radius 1 is 1.29 bits per heavy atom. The van der Waals surface area contributed by atoms with Crippen molar-refractivity contribution >= 4 is 13.8 Å². The molecule has 21 heavy (non-hydrogen) atoms. The summed E-state index contributed by atoms with van der Waals surface area (Å²) in [6, 6.07) is 4.04. The summed E-state index contributed by atoms with van der Waals surface area (Å²) in [4.78, 5) is 21.4. The number of ketones is 1. The minimum Gasteiger partial charge on any atom is -0.299 e. The van der Waals surface area contributed by atoms with Crippen molar-refractivity contribution < 1.29 is 14.3 Å². The maximum Gasteiger partial charge on any atom is 0.510 e. The summed E-state index contributed by atoms with van der Waals surface area (Å²) in [5.41, 5.74) is 3.76. The lowest BCUT2D eigenvalue weighted by atomic mass is 9.74. The lowest BCUT2D eigenvalue weighted by Gasteiger charge is -2.29. The van der Waals surface area contributed by atoms with Gasteiger partial charge < -0.3 is 0 Å². The molecule has 1 unspecified atom stereocenters. The van der Waals surface area contributed by atoms with E-state index >= 15 is 0 Å². The van der Waals surface area contributed by atoms with Crippen molar-refractivity contribution in [3.63, 3.8) is 0 Å². The van der Waals surface area contributed by atoms with Gasteiger partial charge in [0.25, 0.3) is 0 Å². The van der Waals surface area contributed by atoms with Crippen LogP contribution in [0.15, 0.2) is 12.1 Å². The lowest BCUT2D eigenvalue weighted by Crippen LogP contribution is -2.26. The van der Waals surface area contributed by atoms with Crippen LogP contribution in [0.5, 0.6) is 0 Å². The fourth-order valence-electron chi connectivity index (χ4n) is 3.02. The standard InChI is InChI=1S/C17H25O3P/c1-11(2)15(18)9-17(5,6)16-13(4)7-12(3)8-14(16)10-21(19)20/h7-8,11H,9-10H2,1-6H3/p+1. The molecule has 0 fully saturated rings. The summed E-state index contributed by atoms with van der Waals surface area (Å²) in [6.45, 7) is 11.9. The van der Waals surface area contributed by atoms with Gasteiger partial charge in [-0.25, -0.2) is 0 Å². The van der Waals surface area contributed by atoms with Gasteiger partial charge in [-0.2, -0.15) is 4.89 Å². The molecule has 1 aromatic rings. The molecule has 0 saturated carbocycles. The SMILES string of the molecule is Cc1cc(C)c(C(C)(C)CC(=O)C(C)C)c(C[P+](=O)O)c1. The number of carbonyl (C=O) groups is 1. The van der Waals surface area contributed by atoms with Crippen LogP contribution < -0.4 is 0 Å². The fourth-order valence-corrected chi connectivity index (χ4v) is 3.56. The Kier molecular flexibility index (Phi) is 5.83. The van der Waals surface area contributed by atoms with Crippen LogP contribution in [0.3, 0.4) is 0 Å². The first-order valence-corrected chi connectivity index (χ1v) is 8.71. The van der Waals surface area contributed by atoms with Gasteiger partial charge >= 0.3 is 8.03 Å². The van der Waals surface area contributed by atoms with Gasteiger partial charge in [-0.3, -0.25) is 4.79 Å². The fraction of sp³-hybridized carbons (Fsp3) is 0.588. The van der Waals surface area contributed by atoms with Crippen LogP contribution in [0, 0.1) is 19.8 Å². The van der Waals surface area contributed by atoms with Crippen molar-refractivity contribution in [2.24, 2.45) is 5.92 Å². The molecule has 0 amide bonds. The first-order valence-electron chi connectivity index (χ1n) is 7.31. The van der Waals surface area contributed by atoms with E-state index in [4.69, 9.17) is 0 Å². The van der Waals surface area contributed by atoms with Gasteiger partial charge in [0.05, 0.1) is 0 Å². The van der Waals surface area contributed by atoms with E-state index in [-0.39, 0.29) is 23.3 Å². The van der Waals surface area contributed by atoms with Crippen LogP contribution in [0.1, 0.15) is 56.4 Å². The van der Waals surface area contributed by atoms with E-state index in [1.165, 1.54) is 0 Å². The van der Waals surface area contributed by atoms with Crippen molar-refractivity contribution in [1.29, 1.82) is 0 Å². The molecule has 1 atom stereocenters. The molecular weight excluding hydrogens is 283 g/mol. The molecule has 0 aliphatic heterocycles. The van der Waals surface area contributed by atoms with Crippen LogP contribution >= 0.6 is 8.03 Å². The van der Waals surface area contributed by atoms with Crippen molar-refractivity contribution in [2.45, 2.75) is 59.5 Å². The first kappa shape index (κ1) is 18.0. The van der Waals surface area contributed by atoms with Crippen LogP contribution in [-0.2, 0) is 20.9 Å². The Labute approximate surface area is 128 Å². The molecule has 0 aromatic heterocycles. The van der Waals surface area contributed by atoms with Gasteiger partial charge in [-0.05, 0) is 35.0 Å². The summed E-state index contributed by atoms with van der Waals surface area (Å²) in [5.74, 6) is 0.229. The van der Waals surface area contributed by atoms with Gasteiger partial charge in [-0.15, -0.1) is 0 Å². The minimum absolute atomic E-state index is 0.00736. The van der Waals surface area contributed by atoms with Gasteiger partial charge in [0.1, 0.15) is 5.78 Å². The second-order valence-electron chi connectivity index (χ2n) is 6.81. The number of hydrogen-bond acceptors (Lipinski definition) is 2. The summed E-state index contributed by atoms with van der Waals surface area (Å²) in [5, 5.41) is 0. The molecule has 1 aromatic carbocycles. The Morgan fingerprint density at radius 3 is 2.33 bits per heavy atom. The highest BCUT2D eigenvalue weighted by molar-refractivity contribution is 7.37. The highest BCUT2D eigenvalue weighted by Crippen LogP contribution is 2.37. The van der Waals surface area contributed by atoms with Gasteiger partial charge in [0.15, 0.2) is 0 Å². The molecule has 0 aliphatic carbocycles. The number of carbonyl (C=O) groups excluding carboxylic acids is 1. The normalized spacial score (nSPS) is 12.7. The van der Waals surface area contributed by atoms with Gasteiger partial charge in [-0.1, -0.05) is 45.4 Å². The third-order valence-electron chi connectivity index (χ3n) is 3.80. The van der Waals surface area contributed by atoms with E-state index in [2.05, 4.69) is 6.07 Å². The van der Waals surface area contributed by atoms with E-state index in [9.17, 15) is 14.3 Å². The number of hydrogen-bond donors (Lipinski definition) is 1. The van der Waals surface area contributed by atoms with Gasteiger partial charge in [0, 0.05) is 17.9 Å². The van der Waals surface area contributed by atoms with E-state index in [0.29, 0.717) is 6.42 Å². The Balaban J connectivity index is 3.32. The Bertz CT molecular complexity index is 559. The summed E-state index contributed by atoms with van der Waals surface area (Å²) in [7, 11) is -2.23. The molecule has 0 aliphatic rings. The molecule has 0 saturated heterocycles. The van der Waals surface area contributed by atoms with Gasteiger partial charge in [0.2, 0.25) is 6.16 Å². The summed E-state index contributed by atoms with van der Waals surface area (Å²) in [6.07, 6.45) is 0.594. The molecule has 0 bridgehead atoms. The second kappa shape index (κ2) is 6.81. The molecule has 0 heterocycles. The first-order chi connectivity index (χ1) is 9.54. The third kappa shape index (κ3) is 4.72. The lowest BCUT2D eigenvalue weighted by molar-refractivity contribution is -0.122. The van der Waals surface area contributed by atoms with E-state index in [1.54, 1.807) is 0 Å². The number of benzene rings is 1. The molecule has 3 nitrogen and oxygen atoms in total. The average Bonchev–Trinajstić information content (AvgIpc) is 2.24. The predicted molar refractivity (Wildman–Crippen MR) is 86.9 cm³/mol. The smallest absolute Gasteiger partial charge is 0.299 e.